The molecule has 2 aromatic heterocycles. The molecule has 3 rings (SSSR count). The van der Waals surface area contributed by atoms with E-state index in [1.165, 1.54) is 12.3 Å². The molecule has 0 unspecified atom stereocenters. The van der Waals surface area contributed by atoms with Crippen molar-refractivity contribution in [3.05, 3.63) is 47.5 Å². The van der Waals surface area contributed by atoms with Crippen molar-refractivity contribution in [3.8, 4) is 0 Å². The van der Waals surface area contributed by atoms with Gasteiger partial charge in [0.05, 0.1) is 17.0 Å². The lowest BCUT2D eigenvalue weighted by atomic mass is 9.99. The quantitative estimate of drug-likeness (QED) is 0.909. The van der Waals surface area contributed by atoms with E-state index < -0.39 is 11.7 Å². The fraction of sp³-hybridized carbons (Fsp3) is 0.500. The average Bonchev–Trinajstić information content (AvgIpc) is 3.15. The molecule has 0 spiro atoms. The number of halogens is 3. The molecule has 3 heterocycles. The number of aryl methyl sites for hydroxylation is 1. The van der Waals surface area contributed by atoms with Crippen molar-refractivity contribution in [1.29, 1.82) is 0 Å². The van der Waals surface area contributed by atoms with Crippen LogP contribution in [-0.2, 0) is 24.5 Å². The number of hydrogen-bond acceptors (Lipinski definition) is 4. The highest BCUT2D eigenvalue weighted by Crippen LogP contribution is 2.34. The van der Waals surface area contributed by atoms with Gasteiger partial charge >= 0.3 is 6.18 Å². The summed E-state index contributed by atoms with van der Waals surface area (Å²) in [5, 5.41) is 7.24. The Bertz CT molecular complexity index is 686. The molecule has 2 aromatic rings. The fourth-order valence-electron chi connectivity index (χ4n) is 3.05. The Morgan fingerprint density at radius 1 is 1.33 bits per heavy atom. The number of rotatable bonds is 5. The van der Waals surface area contributed by atoms with Gasteiger partial charge in [-0.3, -0.25) is 9.67 Å². The summed E-state index contributed by atoms with van der Waals surface area (Å²) in [7, 11) is 1.85. The van der Waals surface area contributed by atoms with Gasteiger partial charge < -0.3 is 10.1 Å². The molecule has 0 amide bonds. The zero-order chi connectivity index (χ0) is 17.2. The van der Waals surface area contributed by atoms with E-state index in [0.717, 1.165) is 18.2 Å². The molecule has 24 heavy (non-hydrogen) atoms. The Kier molecular flexibility index (Phi) is 4.86. The maximum atomic E-state index is 13.0. The molecule has 0 bridgehead atoms. The van der Waals surface area contributed by atoms with Gasteiger partial charge in [0.2, 0.25) is 0 Å². The molecule has 1 aliphatic heterocycles. The Morgan fingerprint density at radius 2 is 2.17 bits per heavy atom. The Morgan fingerprint density at radius 3 is 2.88 bits per heavy atom. The smallest absolute Gasteiger partial charge is 0.372 e. The second-order valence-electron chi connectivity index (χ2n) is 5.85. The third kappa shape index (κ3) is 3.59. The van der Waals surface area contributed by atoms with Gasteiger partial charge in [0.25, 0.3) is 0 Å². The van der Waals surface area contributed by atoms with Crippen LogP contribution >= 0.6 is 0 Å². The van der Waals surface area contributed by atoms with E-state index in [4.69, 9.17) is 4.74 Å². The summed E-state index contributed by atoms with van der Waals surface area (Å²) >= 11 is 0. The normalized spacial score (nSPS) is 21.3. The second kappa shape index (κ2) is 6.90. The van der Waals surface area contributed by atoms with Gasteiger partial charge in [0.15, 0.2) is 0 Å². The van der Waals surface area contributed by atoms with Gasteiger partial charge in [-0.2, -0.15) is 18.3 Å². The van der Waals surface area contributed by atoms with Crippen molar-refractivity contribution >= 4 is 0 Å². The lowest BCUT2D eigenvalue weighted by Gasteiger charge is -2.19. The molecule has 0 radical (unpaired) electrons. The highest BCUT2D eigenvalue weighted by molar-refractivity contribution is 5.22. The SMILES string of the molecule is Cn1nccc1[C@@H]1OCC[C@H]1CNCc1ncccc1C(F)(F)F. The fourth-order valence-corrected chi connectivity index (χ4v) is 3.05. The number of pyridine rings is 1. The monoisotopic (exact) mass is 340 g/mol. The molecule has 1 saturated heterocycles. The summed E-state index contributed by atoms with van der Waals surface area (Å²) < 4.78 is 46.5. The van der Waals surface area contributed by atoms with Crippen LogP contribution in [-0.4, -0.2) is 27.9 Å². The van der Waals surface area contributed by atoms with Crippen molar-refractivity contribution in [1.82, 2.24) is 20.1 Å². The summed E-state index contributed by atoms with van der Waals surface area (Å²) in [4.78, 5) is 3.86. The maximum absolute atomic E-state index is 13.0. The minimum atomic E-state index is -4.39. The van der Waals surface area contributed by atoms with E-state index in [0.29, 0.717) is 13.2 Å². The van der Waals surface area contributed by atoms with Crippen LogP contribution in [0.5, 0.6) is 0 Å². The number of ether oxygens (including phenoxy) is 1. The Balaban J connectivity index is 1.62. The zero-order valence-electron chi connectivity index (χ0n) is 13.3. The van der Waals surface area contributed by atoms with E-state index in [1.54, 1.807) is 10.9 Å². The predicted molar refractivity (Wildman–Crippen MR) is 81.0 cm³/mol. The molecule has 8 heteroatoms. The Hall–Kier alpha value is -1.93. The van der Waals surface area contributed by atoms with Crippen LogP contribution in [0.15, 0.2) is 30.6 Å². The summed E-state index contributed by atoms with van der Waals surface area (Å²) in [5.41, 5.74) is 0.303. The Labute approximate surface area is 137 Å². The van der Waals surface area contributed by atoms with Crippen LogP contribution in [0.3, 0.4) is 0 Å². The number of hydrogen-bond donors (Lipinski definition) is 1. The van der Waals surface area contributed by atoms with E-state index in [2.05, 4.69) is 15.4 Å². The minimum absolute atomic E-state index is 0.0148. The zero-order valence-corrected chi connectivity index (χ0v) is 13.3. The first-order chi connectivity index (χ1) is 11.5. The summed E-state index contributed by atoms with van der Waals surface area (Å²) in [6.07, 6.45) is -0.527. The molecular formula is C16H19F3N4O. The second-order valence-corrected chi connectivity index (χ2v) is 5.85. The molecule has 0 aliphatic carbocycles. The third-order valence-electron chi connectivity index (χ3n) is 4.26. The summed E-state index contributed by atoms with van der Waals surface area (Å²) in [6, 6.07) is 4.26. The van der Waals surface area contributed by atoms with Crippen molar-refractivity contribution in [2.24, 2.45) is 13.0 Å². The van der Waals surface area contributed by atoms with Crippen LogP contribution in [0.25, 0.3) is 0 Å². The molecule has 130 valence electrons. The van der Waals surface area contributed by atoms with E-state index in [9.17, 15) is 13.2 Å². The average molecular weight is 340 g/mol. The lowest BCUT2D eigenvalue weighted by molar-refractivity contribution is -0.138. The molecule has 1 N–H and O–H groups in total. The maximum Gasteiger partial charge on any atom is 0.418 e. The number of alkyl halides is 3. The standard InChI is InChI=1S/C16H19F3N4O/c1-23-14(4-7-22-23)15-11(5-8-24-15)9-20-10-13-12(16(17,18)19)3-2-6-21-13/h2-4,6-7,11,15,20H,5,8-10H2,1H3/t11-,15+/m0/s1. The van der Waals surface area contributed by atoms with E-state index in [-0.39, 0.29) is 24.3 Å². The van der Waals surface area contributed by atoms with Gasteiger partial charge in [0, 0.05) is 45.1 Å². The van der Waals surface area contributed by atoms with Gasteiger partial charge in [-0.25, -0.2) is 0 Å². The van der Waals surface area contributed by atoms with E-state index in [1.807, 2.05) is 13.1 Å². The first-order valence-electron chi connectivity index (χ1n) is 7.78. The summed E-state index contributed by atoms with van der Waals surface area (Å²) in [6.45, 7) is 1.27. The number of nitrogens with one attached hydrogen (secondary N) is 1. The van der Waals surface area contributed by atoms with Crippen LogP contribution in [0.1, 0.15) is 29.5 Å². The van der Waals surface area contributed by atoms with Crippen molar-refractivity contribution in [3.63, 3.8) is 0 Å². The van der Waals surface area contributed by atoms with Crippen LogP contribution in [0.2, 0.25) is 0 Å². The van der Waals surface area contributed by atoms with E-state index >= 15 is 0 Å². The van der Waals surface area contributed by atoms with Crippen LogP contribution < -0.4 is 5.32 Å². The lowest BCUT2D eigenvalue weighted by Crippen LogP contribution is -2.27. The van der Waals surface area contributed by atoms with Gasteiger partial charge in [-0.1, -0.05) is 0 Å². The van der Waals surface area contributed by atoms with Gasteiger partial charge in [0.1, 0.15) is 6.10 Å². The highest BCUT2D eigenvalue weighted by Gasteiger charge is 2.34. The molecule has 1 fully saturated rings. The van der Waals surface area contributed by atoms with Crippen molar-refractivity contribution < 1.29 is 17.9 Å². The van der Waals surface area contributed by atoms with Crippen molar-refractivity contribution in [2.45, 2.75) is 25.2 Å². The minimum Gasteiger partial charge on any atom is -0.372 e. The van der Waals surface area contributed by atoms with Crippen LogP contribution in [0, 0.1) is 5.92 Å². The number of aromatic nitrogens is 3. The molecule has 1 aliphatic rings. The molecule has 0 aromatic carbocycles. The van der Waals surface area contributed by atoms with Crippen molar-refractivity contribution in [2.75, 3.05) is 13.2 Å². The highest BCUT2D eigenvalue weighted by atomic mass is 19.4. The first kappa shape index (κ1) is 16.9. The third-order valence-corrected chi connectivity index (χ3v) is 4.26. The first-order valence-corrected chi connectivity index (χ1v) is 7.78. The number of nitrogens with zero attached hydrogens (tertiary/aromatic N) is 3. The molecule has 5 nitrogen and oxygen atoms in total. The predicted octanol–water partition coefficient (Wildman–Crippen LogP) is 2.70. The molecule has 2 atom stereocenters. The molecule has 0 saturated carbocycles. The van der Waals surface area contributed by atoms with Gasteiger partial charge in [-0.15, -0.1) is 0 Å². The largest absolute Gasteiger partial charge is 0.418 e. The van der Waals surface area contributed by atoms with Gasteiger partial charge in [-0.05, 0) is 24.6 Å². The topological polar surface area (TPSA) is 52.0 Å². The molecular weight excluding hydrogens is 321 g/mol. The summed E-state index contributed by atoms with van der Waals surface area (Å²) in [5.74, 6) is 0.193. The van der Waals surface area contributed by atoms with Crippen LogP contribution in [0.4, 0.5) is 13.2 Å².